The molecule has 0 amide bonds. The number of carbonyl (C=O) groups is 1. The molecule has 1 aliphatic rings. The van der Waals surface area contributed by atoms with Gasteiger partial charge in [0.2, 0.25) is 5.78 Å². The minimum atomic E-state index is -3.64. The average Bonchev–Trinajstić information content (AvgIpc) is 2.73. The van der Waals surface area contributed by atoms with Crippen LogP contribution >= 0.6 is 11.6 Å². The molecule has 5 nitrogen and oxygen atoms in total. The number of hydrogen-bond donors (Lipinski definition) is 0. The van der Waals surface area contributed by atoms with Crippen molar-refractivity contribution in [3.63, 3.8) is 0 Å². The number of ether oxygens (including phenoxy) is 1. The molecule has 3 rings (SSSR count). The van der Waals surface area contributed by atoms with Crippen molar-refractivity contribution in [2.45, 2.75) is 0 Å². The third-order valence-corrected chi connectivity index (χ3v) is 3.77. The fourth-order valence-corrected chi connectivity index (χ4v) is 2.79. The van der Waals surface area contributed by atoms with Crippen molar-refractivity contribution >= 4 is 33.6 Å². The summed E-state index contributed by atoms with van der Waals surface area (Å²) in [5.41, 5.74) is 1.07. The lowest BCUT2D eigenvalue weighted by Crippen LogP contribution is -2.05. The number of Topliss-reactive ketones (excluding diaryl/α,β-unsaturated/α-hetero) is 1. The fourth-order valence-electron chi connectivity index (χ4n) is 2.14. The van der Waals surface area contributed by atoms with Gasteiger partial charge in [-0.05, 0) is 35.9 Å². The second-order valence-electron chi connectivity index (χ2n) is 4.94. The van der Waals surface area contributed by atoms with Crippen LogP contribution in [0.2, 0.25) is 5.02 Å². The number of hydrogen-bond acceptors (Lipinski definition) is 5. The Bertz CT molecular complexity index is 931. The molecule has 7 heteroatoms. The van der Waals surface area contributed by atoms with E-state index in [1.54, 1.807) is 30.3 Å². The van der Waals surface area contributed by atoms with Crippen LogP contribution in [-0.2, 0) is 10.1 Å². The predicted molar refractivity (Wildman–Crippen MR) is 86.3 cm³/mol. The van der Waals surface area contributed by atoms with Crippen molar-refractivity contribution in [3.8, 4) is 11.5 Å². The number of carbonyl (C=O) groups excluding carboxylic acids is 1. The number of ketones is 1. The van der Waals surface area contributed by atoms with E-state index in [1.807, 2.05) is 0 Å². The van der Waals surface area contributed by atoms with Crippen LogP contribution < -0.4 is 8.92 Å². The van der Waals surface area contributed by atoms with Gasteiger partial charge in [0.1, 0.15) is 11.5 Å². The minimum absolute atomic E-state index is 0.0862. The van der Waals surface area contributed by atoms with Gasteiger partial charge in [-0.2, -0.15) is 8.42 Å². The lowest BCUT2D eigenvalue weighted by molar-refractivity contribution is 0.101. The van der Waals surface area contributed by atoms with Crippen molar-refractivity contribution in [2.24, 2.45) is 0 Å². The molecule has 0 N–H and O–H groups in total. The molecular weight excluding hydrogens is 340 g/mol. The van der Waals surface area contributed by atoms with Crippen molar-refractivity contribution in [1.82, 2.24) is 0 Å². The highest BCUT2D eigenvalue weighted by Crippen LogP contribution is 2.35. The first kappa shape index (κ1) is 15.6. The summed E-state index contributed by atoms with van der Waals surface area (Å²) in [6, 6.07) is 11.2. The third-order valence-electron chi connectivity index (χ3n) is 3.04. The zero-order chi connectivity index (χ0) is 16.6. The maximum Gasteiger partial charge on any atom is 0.306 e. The molecule has 2 aromatic carbocycles. The van der Waals surface area contributed by atoms with E-state index < -0.39 is 10.1 Å². The Kier molecular flexibility index (Phi) is 3.87. The van der Waals surface area contributed by atoms with Gasteiger partial charge in [-0.15, -0.1) is 0 Å². The molecule has 0 aromatic heterocycles. The Labute approximate surface area is 138 Å². The molecule has 0 atom stereocenters. The lowest BCUT2D eigenvalue weighted by Gasteiger charge is -2.04. The number of halogens is 1. The highest BCUT2D eigenvalue weighted by atomic mass is 35.5. The second kappa shape index (κ2) is 5.72. The van der Waals surface area contributed by atoms with E-state index in [1.165, 1.54) is 18.2 Å². The standard InChI is InChI=1S/C16H11ClO5S/c1-23(19,20)22-12-5-6-13-14(9-12)21-15(16(13)18)8-10-3-2-4-11(17)7-10/h2-9H,1H3/b15-8+. The van der Waals surface area contributed by atoms with Crippen molar-refractivity contribution in [1.29, 1.82) is 0 Å². The number of fused-ring (bicyclic) bond motifs is 1. The summed E-state index contributed by atoms with van der Waals surface area (Å²) in [6.45, 7) is 0. The second-order valence-corrected chi connectivity index (χ2v) is 6.95. The highest BCUT2D eigenvalue weighted by Gasteiger charge is 2.28. The van der Waals surface area contributed by atoms with Gasteiger partial charge in [-0.25, -0.2) is 0 Å². The zero-order valence-electron chi connectivity index (χ0n) is 11.9. The van der Waals surface area contributed by atoms with Crippen molar-refractivity contribution in [2.75, 3.05) is 6.26 Å². The first-order valence-electron chi connectivity index (χ1n) is 6.55. The largest absolute Gasteiger partial charge is 0.452 e. The van der Waals surface area contributed by atoms with Gasteiger partial charge in [0.05, 0.1) is 11.8 Å². The Morgan fingerprint density at radius 1 is 1.17 bits per heavy atom. The van der Waals surface area contributed by atoms with Gasteiger partial charge in [0.15, 0.2) is 5.76 Å². The molecule has 0 radical (unpaired) electrons. The van der Waals surface area contributed by atoms with Crippen LogP contribution in [0.4, 0.5) is 0 Å². The Morgan fingerprint density at radius 2 is 1.96 bits per heavy atom. The molecule has 0 saturated heterocycles. The molecule has 0 unspecified atom stereocenters. The van der Waals surface area contributed by atoms with Crippen LogP contribution in [0.25, 0.3) is 6.08 Å². The van der Waals surface area contributed by atoms with E-state index in [4.69, 9.17) is 20.5 Å². The van der Waals surface area contributed by atoms with Gasteiger partial charge < -0.3 is 8.92 Å². The smallest absolute Gasteiger partial charge is 0.306 e. The van der Waals surface area contributed by atoms with Crippen LogP contribution in [0, 0.1) is 0 Å². The first-order valence-corrected chi connectivity index (χ1v) is 8.74. The Balaban J connectivity index is 1.92. The summed E-state index contributed by atoms with van der Waals surface area (Å²) in [6.07, 6.45) is 2.52. The topological polar surface area (TPSA) is 69.7 Å². The van der Waals surface area contributed by atoms with Crippen molar-refractivity contribution < 1.29 is 22.1 Å². The minimum Gasteiger partial charge on any atom is -0.452 e. The molecular formula is C16H11ClO5S. The van der Waals surface area contributed by atoms with E-state index in [-0.39, 0.29) is 23.0 Å². The van der Waals surface area contributed by atoms with Gasteiger partial charge in [-0.3, -0.25) is 4.79 Å². The summed E-state index contributed by atoms with van der Waals surface area (Å²) >= 11 is 5.91. The molecule has 118 valence electrons. The summed E-state index contributed by atoms with van der Waals surface area (Å²) in [4.78, 5) is 12.3. The number of benzene rings is 2. The number of rotatable bonds is 3. The molecule has 0 aliphatic carbocycles. The summed E-state index contributed by atoms with van der Waals surface area (Å²) in [5, 5.41) is 0.547. The van der Waals surface area contributed by atoms with Crippen LogP contribution in [-0.4, -0.2) is 20.5 Å². The number of allylic oxidation sites excluding steroid dienone is 1. The van der Waals surface area contributed by atoms with E-state index in [9.17, 15) is 13.2 Å². The fraction of sp³-hybridized carbons (Fsp3) is 0.0625. The highest BCUT2D eigenvalue weighted by molar-refractivity contribution is 7.86. The van der Waals surface area contributed by atoms with Crippen molar-refractivity contribution in [3.05, 3.63) is 64.4 Å². The lowest BCUT2D eigenvalue weighted by atomic mass is 10.1. The molecule has 0 saturated carbocycles. The average molecular weight is 351 g/mol. The predicted octanol–water partition coefficient (Wildman–Crippen LogP) is 3.29. The molecule has 23 heavy (non-hydrogen) atoms. The zero-order valence-corrected chi connectivity index (χ0v) is 13.5. The van der Waals surface area contributed by atoms with Gasteiger partial charge in [-0.1, -0.05) is 23.7 Å². The van der Waals surface area contributed by atoms with E-state index in [2.05, 4.69) is 0 Å². The maximum absolute atomic E-state index is 12.3. The van der Waals surface area contributed by atoms with Gasteiger partial charge >= 0.3 is 10.1 Å². The molecule has 2 aromatic rings. The van der Waals surface area contributed by atoms with Crippen LogP contribution in [0.1, 0.15) is 15.9 Å². The molecule has 0 fully saturated rings. The monoisotopic (exact) mass is 350 g/mol. The quantitative estimate of drug-likeness (QED) is 0.627. The Hall–Kier alpha value is -2.31. The van der Waals surface area contributed by atoms with Crippen LogP contribution in [0.5, 0.6) is 11.5 Å². The Morgan fingerprint density at radius 3 is 2.65 bits per heavy atom. The van der Waals surface area contributed by atoms with Crippen LogP contribution in [0.15, 0.2) is 48.2 Å². The first-order chi connectivity index (χ1) is 10.8. The molecule has 1 heterocycles. The normalized spacial score (nSPS) is 15.4. The van der Waals surface area contributed by atoms with Gasteiger partial charge in [0.25, 0.3) is 0 Å². The van der Waals surface area contributed by atoms with E-state index in [0.29, 0.717) is 10.6 Å². The summed E-state index contributed by atoms with van der Waals surface area (Å²) in [7, 11) is -3.64. The molecule has 0 spiro atoms. The van der Waals surface area contributed by atoms with Gasteiger partial charge in [0, 0.05) is 11.1 Å². The maximum atomic E-state index is 12.3. The third kappa shape index (κ3) is 3.55. The summed E-state index contributed by atoms with van der Waals surface area (Å²) < 4.78 is 32.6. The van der Waals surface area contributed by atoms with E-state index in [0.717, 1.165) is 11.8 Å². The SMILES string of the molecule is CS(=O)(=O)Oc1ccc2c(c1)O/C(=C/c1cccc(Cl)c1)C2=O. The van der Waals surface area contributed by atoms with E-state index >= 15 is 0 Å². The van der Waals surface area contributed by atoms with Crippen LogP contribution in [0.3, 0.4) is 0 Å². The summed E-state index contributed by atoms with van der Waals surface area (Å²) in [5.74, 6) is 0.192. The molecule has 1 aliphatic heterocycles. The molecule has 0 bridgehead atoms.